The topological polar surface area (TPSA) is 101 Å². The van der Waals surface area contributed by atoms with Gasteiger partial charge in [-0.1, -0.05) is 6.42 Å². The first-order valence-electron chi connectivity index (χ1n) is 11.3. The van der Waals surface area contributed by atoms with Crippen LogP contribution in [0.5, 0.6) is 0 Å². The molecule has 9 heteroatoms. The molecular formula is C24H27FN6O2. The van der Waals surface area contributed by atoms with Gasteiger partial charge in [-0.2, -0.15) is 4.98 Å². The number of amides is 2. The van der Waals surface area contributed by atoms with Gasteiger partial charge in [0.05, 0.1) is 5.69 Å². The second-order valence-electron chi connectivity index (χ2n) is 9.17. The first kappa shape index (κ1) is 21.4. The molecule has 2 saturated carbocycles. The summed E-state index contributed by atoms with van der Waals surface area (Å²) < 4.78 is 16.2. The lowest BCUT2D eigenvalue weighted by Crippen LogP contribution is -2.41. The summed E-state index contributed by atoms with van der Waals surface area (Å²) >= 11 is 0. The van der Waals surface area contributed by atoms with Gasteiger partial charge < -0.3 is 16.0 Å². The highest BCUT2D eigenvalue weighted by Crippen LogP contribution is 2.44. The highest BCUT2D eigenvalue weighted by Gasteiger charge is 2.40. The highest BCUT2D eigenvalue weighted by molar-refractivity contribution is 5.91. The van der Waals surface area contributed by atoms with Crippen LogP contribution in [0.2, 0.25) is 0 Å². The van der Waals surface area contributed by atoms with Gasteiger partial charge in [0.25, 0.3) is 5.56 Å². The quantitative estimate of drug-likeness (QED) is 0.561. The third-order valence-corrected chi connectivity index (χ3v) is 7.08. The van der Waals surface area contributed by atoms with Gasteiger partial charge in [-0.05, 0) is 67.3 Å². The minimum Gasteiger partial charge on any atom is -0.357 e. The Morgan fingerprint density at radius 3 is 2.70 bits per heavy atom. The molecule has 2 aromatic heterocycles. The molecular weight excluding hydrogens is 423 g/mol. The van der Waals surface area contributed by atoms with Crippen LogP contribution in [0, 0.1) is 24.6 Å². The Labute approximate surface area is 190 Å². The number of urea groups is 1. The number of aryl methyl sites for hydroxylation is 2. The Kier molecular flexibility index (Phi) is 5.26. The van der Waals surface area contributed by atoms with E-state index in [1.807, 2.05) is 0 Å². The zero-order chi connectivity index (χ0) is 23.3. The number of rotatable bonds is 4. The van der Waals surface area contributed by atoms with Gasteiger partial charge in [-0.25, -0.2) is 14.2 Å². The monoisotopic (exact) mass is 450 g/mol. The van der Waals surface area contributed by atoms with Crippen LogP contribution in [0.4, 0.5) is 20.8 Å². The Morgan fingerprint density at radius 1 is 1.18 bits per heavy atom. The van der Waals surface area contributed by atoms with Gasteiger partial charge in [-0.15, -0.1) is 0 Å². The predicted octanol–water partition coefficient (Wildman–Crippen LogP) is 3.79. The predicted molar refractivity (Wildman–Crippen MR) is 126 cm³/mol. The van der Waals surface area contributed by atoms with Crippen molar-refractivity contribution in [3.63, 3.8) is 0 Å². The summed E-state index contributed by atoms with van der Waals surface area (Å²) in [6.45, 7) is 1.74. The second-order valence-corrected chi connectivity index (χ2v) is 9.17. The minimum atomic E-state index is -0.543. The highest BCUT2D eigenvalue weighted by atomic mass is 19.1. The van der Waals surface area contributed by atoms with Gasteiger partial charge in [0, 0.05) is 37.3 Å². The maximum atomic E-state index is 14.7. The van der Waals surface area contributed by atoms with E-state index in [0.29, 0.717) is 45.5 Å². The van der Waals surface area contributed by atoms with Crippen molar-refractivity contribution in [1.82, 2.24) is 19.9 Å². The van der Waals surface area contributed by atoms with Crippen molar-refractivity contribution in [3.8, 4) is 11.1 Å². The summed E-state index contributed by atoms with van der Waals surface area (Å²) in [5.41, 5.74) is 1.80. The van der Waals surface area contributed by atoms with Crippen LogP contribution in [-0.4, -0.2) is 33.7 Å². The lowest BCUT2D eigenvalue weighted by molar-refractivity contribution is 0.242. The van der Waals surface area contributed by atoms with Crippen LogP contribution in [0.15, 0.2) is 29.2 Å². The number of anilines is 2. The number of fused-ring (bicyclic) bond motifs is 3. The average molecular weight is 451 g/mol. The van der Waals surface area contributed by atoms with E-state index in [4.69, 9.17) is 0 Å². The molecule has 2 aliphatic carbocycles. The minimum absolute atomic E-state index is 0.0418. The van der Waals surface area contributed by atoms with Crippen molar-refractivity contribution in [2.45, 2.75) is 38.6 Å². The zero-order valence-electron chi connectivity index (χ0n) is 18.9. The van der Waals surface area contributed by atoms with E-state index in [9.17, 15) is 14.0 Å². The number of nitrogens with zero attached hydrogens (tertiary/aromatic N) is 3. The molecule has 8 nitrogen and oxygen atoms in total. The molecule has 3 N–H and O–H groups in total. The zero-order valence-corrected chi connectivity index (χ0v) is 18.9. The first-order valence-corrected chi connectivity index (χ1v) is 11.3. The molecule has 1 aromatic carbocycles. The van der Waals surface area contributed by atoms with Crippen LogP contribution in [0.3, 0.4) is 0 Å². The number of pyridine rings is 1. The number of benzene rings is 1. The van der Waals surface area contributed by atoms with Gasteiger partial charge in [0.15, 0.2) is 0 Å². The van der Waals surface area contributed by atoms with E-state index >= 15 is 0 Å². The molecule has 0 radical (unpaired) electrons. The van der Waals surface area contributed by atoms with Gasteiger partial charge in [-0.3, -0.25) is 9.36 Å². The van der Waals surface area contributed by atoms with E-state index < -0.39 is 11.8 Å². The van der Waals surface area contributed by atoms with E-state index in [0.717, 1.165) is 12.8 Å². The molecule has 5 rings (SSSR count). The van der Waals surface area contributed by atoms with E-state index in [1.165, 1.54) is 29.5 Å². The standard InChI is InChI=1S/C24H27FN6O2/c1-12-6-18(25)20(29-24(33)28-19-8-13-4-5-14(19)7-13)10-16(12)17-9-15-11-27-23(26-2)30-21(15)31(3)22(17)32/h6,9-11,13-14,19H,4-5,7-8H2,1-3H3,(H,26,27,30)(H2,28,29,33). The summed E-state index contributed by atoms with van der Waals surface area (Å²) in [5.74, 6) is 1.08. The number of hydrogen-bond donors (Lipinski definition) is 3. The Hall–Kier alpha value is -3.49. The molecule has 172 valence electrons. The molecule has 3 aromatic rings. The fourth-order valence-electron chi connectivity index (χ4n) is 5.37. The third kappa shape index (κ3) is 3.81. The van der Waals surface area contributed by atoms with E-state index in [1.54, 1.807) is 33.3 Å². The van der Waals surface area contributed by atoms with Crippen LogP contribution in [-0.2, 0) is 7.05 Å². The first-order chi connectivity index (χ1) is 15.8. The molecule has 2 fully saturated rings. The maximum Gasteiger partial charge on any atom is 0.319 e. The maximum absolute atomic E-state index is 14.7. The SMILES string of the molecule is CNc1ncc2cc(-c3cc(NC(=O)NC4CC5CCC4C5)c(F)cc3C)c(=O)n(C)c2n1. The Balaban J connectivity index is 1.47. The molecule has 0 spiro atoms. The number of hydrogen-bond acceptors (Lipinski definition) is 5. The van der Waals surface area contributed by atoms with Crippen LogP contribution >= 0.6 is 0 Å². The van der Waals surface area contributed by atoms with Crippen LogP contribution in [0.1, 0.15) is 31.2 Å². The van der Waals surface area contributed by atoms with Crippen molar-refractivity contribution >= 4 is 28.7 Å². The fourth-order valence-corrected chi connectivity index (χ4v) is 5.37. The summed E-state index contributed by atoms with van der Waals surface area (Å²) in [6.07, 6.45) is 6.17. The Bertz CT molecular complexity index is 1320. The molecule has 2 aliphatic rings. The molecule has 3 unspecified atom stereocenters. The Morgan fingerprint density at radius 2 is 2.00 bits per heavy atom. The van der Waals surface area contributed by atoms with Gasteiger partial charge in [0.1, 0.15) is 11.5 Å². The summed E-state index contributed by atoms with van der Waals surface area (Å²) in [4.78, 5) is 34.3. The van der Waals surface area contributed by atoms with Crippen molar-refractivity contribution in [1.29, 1.82) is 0 Å². The lowest BCUT2D eigenvalue weighted by Gasteiger charge is -2.23. The molecule has 2 heterocycles. The largest absolute Gasteiger partial charge is 0.357 e. The molecule has 33 heavy (non-hydrogen) atoms. The van der Waals surface area contributed by atoms with Crippen molar-refractivity contribution in [3.05, 3.63) is 46.1 Å². The van der Waals surface area contributed by atoms with E-state index in [2.05, 4.69) is 25.9 Å². The number of carbonyl (C=O) groups excluding carboxylic acids is 1. The normalized spacial score (nSPS) is 21.4. The van der Waals surface area contributed by atoms with Crippen molar-refractivity contribution in [2.24, 2.45) is 18.9 Å². The van der Waals surface area contributed by atoms with Gasteiger partial charge in [0.2, 0.25) is 5.95 Å². The van der Waals surface area contributed by atoms with Crippen LogP contribution in [0.25, 0.3) is 22.2 Å². The molecule has 3 atom stereocenters. The summed E-state index contributed by atoms with van der Waals surface area (Å²) in [5, 5.41) is 9.20. The molecule has 2 bridgehead atoms. The lowest BCUT2D eigenvalue weighted by atomic mass is 9.95. The van der Waals surface area contributed by atoms with E-state index in [-0.39, 0.29) is 17.3 Å². The van der Waals surface area contributed by atoms with Crippen molar-refractivity contribution < 1.29 is 9.18 Å². The fraction of sp³-hybridized carbons (Fsp3) is 0.417. The molecule has 0 aliphatic heterocycles. The summed E-state index contributed by atoms with van der Waals surface area (Å²) in [7, 11) is 3.35. The number of aromatic nitrogens is 3. The van der Waals surface area contributed by atoms with Crippen molar-refractivity contribution in [2.75, 3.05) is 17.7 Å². The number of carbonyl (C=O) groups is 1. The second kappa shape index (κ2) is 8.13. The average Bonchev–Trinajstić information content (AvgIpc) is 3.41. The molecule has 2 amide bonds. The number of nitrogens with one attached hydrogen (secondary N) is 3. The smallest absolute Gasteiger partial charge is 0.319 e. The number of halogens is 1. The summed E-state index contributed by atoms with van der Waals surface area (Å²) in [6, 6.07) is 4.30. The van der Waals surface area contributed by atoms with Gasteiger partial charge >= 0.3 is 6.03 Å². The van der Waals surface area contributed by atoms with Crippen LogP contribution < -0.4 is 21.5 Å². The molecule has 0 saturated heterocycles. The third-order valence-electron chi connectivity index (χ3n) is 7.08.